The molecular weight excluding hydrogens is 451 g/mol. The number of benzene rings is 2. The molecule has 1 heterocycles. The zero-order chi connectivity index (χ0) is 21.8. The van der Waals surface area contributed by atoms with Crippen LogP contribution in [0, 0.1) is 5.82 Å². The average Bonchev–Trinajstić information content (AvgIpc) is 3.00. The van der Waals surface area contributed by atoms with E-state index in [0.29, 0.717) is 18.7 Å². The van der Waals surface area contributed by atoms with Crippen LogP contribution in [-0.4, -0.2) is 52.8 Å². The van der Waals surface area contributed by atoms with Crippen molar-refractivity contribution in [2.45, 2.75) is 19.9 Å². The first-order valence-electron chi connectivity index (χ1n) is 9.89. The van der Waals surface area contributed by atoms with Gasteiger partial charge in [0.1, 0.15) is 11.6 Å². The Morgan fingerprint density at radius 1 is 1.07 bits per heavy atom. The van der Waals surface area contributed by atoms with E-state index in [1.807, 2.05) is 38.1 Å². The van der Waals surface area contributed by atoms with Crippen LogP contribution in [0.4, 0.5) is 4.39 Å². The number of carbonyl (C=O) groups excluding carboxylic acids is 2. The zero-order valence-corrected chi connectivity index (χ0v) is 18.5. The Morgan fingerprint density at radius 3 is 2.23 bits per heavy atom. The van der Waals surface area contributed by atoms with Gasteiger partial charge in [-0.15, -0.1) is 0 Å². The normalized spacial score (nSPS) is 18.4. The van der Waals surface area contributed by atoms with Gasteiger partial charge in [0.2, 0.25) is 0 Å². The minimum atomic E-state index is -0.732. The van der Waals surface area contributed by atoms with E-state index in [4.69, 9.17) is 0 Å². The molecule has 2 aromatic rings. The van der Waals surface area contributed by atoms with Crippen LogP contribution in [0.15, 0.2) is 58.6 Å². The molecule has 1 amide bonds. The van der Waals surface area contributed by atoms with Gasteiger partial charge in [0, 0.05) is 23.1 Å². The molecule has 7 heteroatoms. The molecule has 2 aromatic carbocycles. The number of aliphatic hydroxyl groups is 1. The molecule has 0 aromatic heterocycles. The summed E-state index contributed by atoms with van der Waals surface area (Å²) in [4.78, 5) is 29.5. The lowest BCUT2D eigenvalue weighted by Crippen LogP contribution is -2.38. The Kier molecular flexibility index (Phi) is 7.05. The molecule has 30 heavy (non-hydrogen) atoms. The second kappa shape index (κ2) is 9.53. The van der Waals surface area contributed by atoms with Crippen LogP contribution in [-0.2, 0) is 9.59 Å². The predicted molar refractivity (Wildman–Crippen MR) is 117 cm³/mol. The highest BCUT2D eigenvalue weighted by Gasteiger charge is 2.45. The zero-order valence-electron chi connectivity index (χ0n) is 16.9. The lowest BCUT2D eigenvalue weighted by molar-refractivity contribution is -0.140. The molecule has 1 aliphatic rings. The molecule has 3 rings (SSSR count). The number of hydrogen-bond donors (Lipinski definition) is 1. The minimum Gasteiger partial charge on any atom is -0.507 e. The maximum Gasteiger partial charge on any atom is 0.295 e. The summed E-state index contributed by atoms with van der Waals surface area (Å²) >= 11 is 3.40. The van der Waals surface area contributed by atoms with Gasteiger partial charge >= 0.3 is 0 Å². The predicted octanol–water partition coefficient (Wildman–Crippen LogP) is 4.35. The van der Waals surface area contributed by atoms with Gasteiger partial charge in [0.05, 0.1) is 11.6 Å². The van der Waals surface area contributed by atoms with Crippen molar-refractivity contribution in [1.29, 1.82) is 0 Å². The van der Waals surface area contributed by atoms with E-state index in [-0.39, 0.29) is 11.3 Å². The summed E-state index contributed by atoms with van der Waals surface area (Å²) in [5.41, 5.74) is 1.04. The van der Waals surface area contributed by atoms with Crippen molar-refractivity contribution >= 4 is 33.4 Å². The molecule has 1 fully saturated rings. The van der Waals surface area contributed by atoms with E-state index in [9.17, 15) is 19.1 Å². The molecule has 0 radical (unpaired) electrons. The van der Waals surface area contributed by atoms with Gasteiger partial charge in [-0.25, -0.2) is 4.39 Å². The van der Waals surface area contributed by atoms with Crippen LogP contribution in [0.3, 0.4) is 0 Å². The van der Waals surface area contributed by atoms with Crippen LogP contribution < -0.4 is 0 Å². The average molecular weight is 475 g/mol. The maximum atomic E-state index is 13.3. The third-order valence-electron chi connectivity index (χ3n) is 5.39. The lowest BCUT2D eigenvalue weighted by Gasteiger charge is -2.28. The third kappa shape index (κ3) is 4.47. The van der Waals surface area contributed by atoms with Gasteiger partial charge < -0.3 is 14.9 Å². The molecule has 0 aliphatic carbocycles. The first-order chi connectivity index (χ1) is 14.4. The highest BCUT2D eigenvalue weighted by atomic mass is 79.9. The van der Waals surface area contributed by atoms with E-state index in [0.717, 1.165) is 23.1 Å². The fourth-order valence-corrected chi connectivity index (χ4v) is 3.92. The summed E-state index contributed by atoms with van der Waals surface area (Å²) in [6, 6.07) is 11.8. The minimum absolute atomic E-state index is 0.0217. The second-order valence-electron chi connectivity index (χ2n) is 7.08. The fourth-order valence-electron chi connectivity index (χ4n) is 3.65. The Labute approximate surface area is 183 Å². The molecule has 0 spiro atoms. The summed E-state index contributed by atoms with van der Waals surface area (Å²) in [7, 11) is 0. The smallest absolute Gasteiger partial charge is 0.295 e. The van der Waals surface area contributed by atoms with E-state index in [2.05, 4.69) is 20.8 Å². The first kappa shape index (κ1) is 22.2. The fraction of sp³-hybridized carbons (Fsp3) is 0.304. The number of Topliss-reactive ketones (excluding diaryl/α,β-unsaturated/α-hetero) is 1. The summed E-state index contributed by atoms with van der Waals surface area (Å²) in [6.07, 6.45) is 0. The number of likely N-dealkylation sites (N-methyl/N-ethyl adjacent to an activating group) is 1. The summed E-state index contributed by atoms with van der Waals surface area (Å²) in [5.74, 6) is -2.12. The van der Waals surface area contributed by atoms with Gasteiger partial charge in [-0.3, -0.25) is 9.59 Å². The van der Waals surface area contributed by atoms with Gasteiger partial charge in [-0.05, 0) is 55.1 Å². The van der Waals surface area contributed by atoms with Crippen LogP contribution in [0.25, 0.3) is 5.76 Å². The van der Waals surface area contributed by atoms with Crippen molar-refractivity contribution < 1.29 is 19.1 Å². The Balaban J connectivity index is 2.08. The monoisotopic (exact) mass is 474 g/mol. The van der Waals surface area contributed by atoms with Crippen molar-refractivity contribution in [1.82, 2.24) is 9.80 Å². The molecule has 0 saturated carbocycles. The van der Waals surface area contributed by atoms with Gasteiger partial charge in [0.15, 0.2) is 0 Å². The van der Waals surface area contributed by atoms with Crippen LogP contribution in [0.1, 0.15) is 31.0 Å². The third-order valence-corrected chi connectivity index (χ3v) is 5.92. The number of amides is 1. The molecule has 5 nitrogen and oxygen atoms in total. The van der Waals surface area contributed by atoms with Crippen LogP contribution in [0.5, 0.6) is 0 Å². The highest BCUT2D eigenvalue weighted by molar-refractivity contribution is 9.10. The van der Waals surface area contributed by atoms with Gasteiger partial charge in [0.25, 0.3) is 11.7 Å². The molecular formula is C23H24BrFN2O3. The van der Waals surface area contributed by atoms with Gasteiger partial charge in [-0.1, -0.05) is 41.9 Å². The molecule has 0 unspecified atom stereocenters. The Bertz CT molecular complexity index is 953. The molecule has 1 N–H and O–H groups in total. The van der Waals surface area contributed by atoms with Crippen LogP contribution in [0.2, 0.25) is 0 Å². The van der Waals surface area contributed by atoms with Crippen molar-refractivity contribution in [3.05, 3.63) is 75.5 Å². The highest BCUT2D eigenvalue weighted by Crippen LogP contribution is 2.39. The van der Waals surface area contributed by atoms with Crippen LogP contribution >= 0.6 is 15.9 Å². The lowest BCUT2D eigenvalue weighted by atomic mass is 9.95. The number of hydrogen-bond acceptors (Lipinski definition) is 4. The molecule has 1 saturated heterocycles. The number of aliphatic hydroxyl groups excluding tert-OH is 1. The maximum absolute atomic E-state index is 13.3. The number of rotatable bonds is 7. The number of carbonyl (C=O) groups is 2. The van der Waals surface area contributed by atoms with Crippen molar-refractivity contribution in [3.63, 3.8) is 0 Å². The standard InChI is InChI=1S/C23H24BrFN2O3/c1-3-26(4-2)13-14-27-20(15-5-9-17(24)10-6-15)19(22(29)23(27)30)21(28)16-7-11-18(25)12-8-16/h5-12,20,28H,3-4,13-14H2,1-2H3/t20-/m1/s1. The van der Waals surface area contributed by atoms with E-state index in [1.165, 1.54) is 29.2 Å². The topological polar surface area (TPSA) is 60.9 Å². The van der Waals surface area contributed by atoms with E-state index in [1.54, 1.807) is 0 Å². The molecule has 0 bridgehead atoms. The number of nitrogens with zero attached hydrogens (tertiary/aromatic N) is 2. The summed E-state index contributed by atoms with van der Waals surface area (Å²) in [5, 5.41) is 10.9. The number of ketones is 1. The molecule has 158 valence electrons. The van der Waals surface area contributed by atoms with Crippen molar-refractivity contribution in [3.8, 4) is 0 Å². The van der Waals surface area contributed by atoms with E-state index < -0.39 is 23.5 Å². The second-order valence-corrected chi connectivity index (χ2v) is 7.99. The summed E-state index contributed by atoms with van der Waals surface area (Å²) in [6.45, 7) is 6.71. The van der Waals surface area contributed by atoms with Crippen molar-refractivity contribution in [2.24, 2.45) is 0 Å². The largest absolute Gasteiger partial charge is 0.507 e. The molecule has 1 aliphatic heterocycles. The number of likely N-dealkylation sites (tertiary alicyclic amines) is 1. The first-order valence-corrected chi connectivity index (χ1v) is 10.7. The Hall–Kier alpha value is -2.51. The molecule has 1 atom stereocenters. The quantitative estimate of drug-likeness (QED) is 0.368. The number of halogens is 2. The van der Waals surface area contributed by atoms with E-state index >= 15 is 0 Å². The Morgan fingerprint density at radius 2 is 1.67 bits per heavy atom. The summed E-state index contributed by atoms with van der Waals surface area (Å²) < 4.78 is 14.2. The SMILES string of the molecule is CCN(CC)CCN1C(=O)C(=O)C(=C(O)c2ccc(F)cc2)[C@H]1c1ccc(Br)cc1. The van der Waals surface area contributed by atoms with Gasteiger partial charge in [-0.2, -0.15) is 0 Å². The van der Waals surface area contributed by atoms with Crippen molar-refractivity contribution in [2.75, 3.05) is 26.2 Å².